The van der Waals surface area contributed by atoms with Gasteiger partial charge in [0.05, 0.1) is 0 Å². The van der Waals surface area contributed by atoms with Crippen molar-refractivity contribution < 1.29 is 0 Å². The van der Waals surface area contributed by atoms with Crippen molar-refractivity contribution in [2.45, 2.75) is 30.6 Å². The van der Waals surface area contributed by atoms with Gasteiger partial charge in [0.1, 0.15) is 0 Å². The van der Waals surface area contributed by atoms with Crippen molar-refractivity contribution in [2.24, 2.45) is 5.92 Å². The Hall–Kier alpha value is -0.0600. The van der Waals surface area contributed by atoms with Crippen LogP contribution >= 0.6 is 31.9 Å². The fourth-order valence-electron chi connectivity index (χ4n) is 3.82. The van der Waals surface area contributed by atoms with Gasteiger partial charge in [-0.05, 0) is 56.5 Å². The monoisotopic (exact) mass is 400 g/mol. The molecule has 0 saturated carbocycles. The van der Waals surface area contributed by atoms with Gasteiger partial charge in [-0.15, -0.1) is 0 Å². The second kappa shape index (κ2) is 6.37. The topological polar surface area (TPSA) is 6.48 Å². The standard InChI is InChI=1S/C16H22Br2N2/c1-19-7-2-3-13-11-20(8-6-15(13)19)16-9-14(18)5-4-12(16)10-17/h4-5,9,13,15H,2-3,6-8,10-11H2,1H3. The molecule has 0 aromatic heterocycles. The first-order valence-corrected chi connectivity index (χ1v) is 9.40. The lowest BCUT2D eigenvalue weighted by atomic mass is 9.84. The SMILES string of the molecule is CN1CCCC2CN(c3cc(Br)ccc3CBr)CCC21. The van der Waals surface area contributed by atoms with E-state index in [9.17, 15) is 0 Å². The number of fused-ring (bicyclic) bond motifs is 1. The lowest BCUT2D eigenvalue weighted by Gasteiger charge is -2.47. The summed E-state index contributed by atoms with van der Waals surface area (Å²) in [5, 5.41) is 0.931. The van der Waals surface area contributed by atoms with Gasteiger partial charge in [-0.2, -0.15) is 0 Å². The summed E-state index contributed by atoms with van der Waals surface area (Å²) in [6.07, 6.45) is 4.05. The fraction of sp³-hybridized carbons (Fsp3) is 0.625. The summed E-state index contributed by atoms with van der Waals surface area (Å²) in [4.78, 5) is 5.18. The Morgan fingerprint density at radius 2 is 2.10 bits per heavy atom. The lowest BCUT2D eigenvalue weighted by Crippen LogP contribution is -2.52. The highest BCUT2D eigenvalue weighted by atomic mass is 79.9. The molecule has 2 aliphatic rings. The van der Waals surface area contributed by atoms with E-state index in [4.69, 9.17) is 0 Å². The second-order valence-electron chi connectivity index (χ2n) is 6.09. The van der Waals surface area contributed by atoms with E-state index in [0.29, 0.717) is 0 Å². The highest BCUT2D eigenvalue weighted by molar-refractivity contribution is 9.10. The zero-order chi connectivity index (χ0) is 14.1. The number of alkyl halides is 1. The van der Waals surface area contributed by atoms with Gasteiger partial charge in [0.2, 0.25) is 0 Å². The van der Waals surface area contributed by atoms with Crippen LogP contribution in [0.3, 0.4) is 0 Å². The molecule has 0 bridgehead atoms. The van der Waals surface area contributed by atoms with Crippen molar-refractivity contribution in [3.63, 3.8) is 0 Å². The molecule has 0 radical (unpaired) electrons. The van der Waals surface area contributed by atoms with Crippen LogP contribution in [0, 0.1) is 5.92 Å². The molecule has 20 heavy (non-hydrogen) atoms. The number of piperidine rings is 2. The number of rotatable bonds is 2. The first-order valence-electron chi connectivity index (χ1n) is 7.48. The molecule has 110 valence electrons. The summed E-state index contributed by atoms with van der Waals surface area (Å²) in [5.74, 6) is 0.838. The van der Waals surface area contributed by atoms with Gasteiger partial charge in [0, 0.05) is 34.6 Å². The maximum atomic E-state index is 3.63. The maximum absolute atomic E-state index is 3.63. The van der Waals surface area contributed by atoms with Crippen LogP contribution in [0.5, 0.6) is 0 Å². The van der Waals surface area contributed by atoms with Crippen LogP contribution in [0.15, 0.2) is 22.7 Å². The van der Waals surface area contributed by atoms with Gasteiger partial charge in [0.25, 0.3) is 0 Å². The molecule has 2 saturated heterocycles. The van der Waals surface area contributed by atoms with E-state index in [2.05, 4.69) is 66.9 Å². The van der Waals surface area contributed by atoms with E-state index in [-0.39, 0.29) is 0 Å². The molecule has 2 fully saturated rings. The Morgan fingerprint density at radius 3 is 2.90 bits per heavy atom. The lowest BCUT2D eigenvalue weighted by molar-refractivity contribution is 0.102. The van der Waals surface area contributed by atoms with Gasteiger partial charge in [-0.1, -0.05) is 37.9 Å². The third kappa shape index (κ3) is 2.93. The average Bonchev–Trinajstić information content (AvgIpc) is 2.47. The molecule has 0 amide bonds. The Labute approximate surface area is 138 Å². The van der Waals surface area contributed by atoms with Crippen molar-refractivity contribution in [1.82, 2.24) is 4.90 Å². The van der Waals surface area contributed by atoms with Crippen LogP contribution < -0.4 is 4.90 Å². The smallest absolute Gasteiger partial charge is 0.0418 e. The third-order valence-corrected chi connectivity index (χ3v) is 5.98. The van der Waals surface area contributed by atoms with Crippen molar-refractivity contribution in [1.29, 1.82) is 0 Å². The normalized spacial score (nSPS) is 27.4. The van der Waals surface area contributed by atoms with E-state index >= 15 is 0 Å². The van der Waals surface area contributed by atoms with E-state index < -0.39 is 0 Å². The molecule has 0 N–H and O–H groups in total. The summed E-state index contributed by atoms with van der Waals surface area (Å²) >= 11 is 7.25. The Bertz CT molecular complexity index is 478. The second-order valence-corrected chi connectivity index (χ2v) is 7.57. The average molecular weight is 402 g/mol. The zero-order valence-corrected chi connectivity index (χ0v) is 15.2. The summed E-state index contributed by atoms with van der Waals surface area (Å²) in [5.41, 5.74) is 2.80. The van der Waals surface area contributed by atoms with Crippen LogP contribution in [-0.4, -0.2) is 37.6 Å². The summed E-state index contributed by atoms with van der Waals surface area (Å²) < 4.78 is 1.18. The van der Waals surface area contributed by atoms with Crippen molar-refractivity contribution >= 4 is 37.5 Å². The number of benzene rings is 1. The van der Waals surface area contributed by atoms with Gasteiger partial charge < -0.3 is 9.80 Å². The molecule has 1 aromatic carbocycles. The highest BCUT2D eigenvalue weighted by Gasteiger charge is 2.34. The van der Waals surface area contributed by atoms with Crippen LogP contribution in [0.2, 0.25) is 0 Å². The van der Waals surface area contributed by atoms with Crippen LogP contribution in [0.25, 0.3) is 0 Å². The molecule has 2 nitrogen and oxygen atoms in total. The van der Waals surface area contributed by atoms with Crippen molar-refractivity contribution in [3.8, 4) is 0 Å². The number of nitrogens with zero attached hydrogens (tertiary/aromatic N) is 2. The van der Waals surface area contributed by atoms with E-state index in [1.54, 1.807) is 0 Å². The molecule has 0 spiro atoms. The van der Waals surface area contributed by atoms with Crippen LogP contribution in [0.1, 0.15) is 24.8 Å². The first kappa shape index (κ1) is 14.9. The van der Waals surface area contributed by atoms with Crippen molar-refractivity contribution in [3.05, 3.63) is 28.2 Å². The summed E-state index contributed by atoms with van der Waals surface area (Å²) in [6.45, 7) is 3.68. The fourth-order valence-corrected chi connectivity index (χ4v) is 4.64. The van der Waals surface area contributed by atoms with E-state index in [1.165, 1.54) is 54.6 Å². The third-order valence-electron chi connectivity index (χ3n) is 4.88. The number of anilines is 1. The first-order chi connectivity index (χ1) is 9.69. The van der Waals surface area contributed by atoms with Gasteiger partial charge in [-0.25, -0.2) is 0 Å². The molecule has 3 rings (SSSR count). The number of hydrogen-bond acceptors (Lipinski definition) is 2. The quantitative estimate of drug-likeness (QED) is 0.683. The highest BCUT2D eigenvalue weighted by Crippen LogP contribution is 2.34. The minimum absolute atomic E-state index is 0.805. The van der Waals surface area contributed by atoms with Gasteiger partial charge in [-0.3, -0.25) is 0 Å². The number of hydrogen-bond donors (Lipinski definition) is 0. The summed E-state index contributed by atoms with van der Waals surface area (Å²) in [6, 6.07) is 7.46. The summed E-state index contributed by atoms with van der Waals surface area (Å²) in [7, 11) is 2.30. The predicted octanol–water partition coefficient (Wildman–Crippen LogP) is 4.26. The largest absolute Gasteiger partial charge is 0.371 e. The maximum Gasteiger partial charge on any atom is 0.0418 e. The minimum atomic E-state index is 0.805. The molecule has 2 unspecified atom stereocenters. The number of halogens is 2. The Balaban J connectivity index is 1.81. The molecule has 2 atom stereocenters. The molecule has 0 aliphatic carbocycles. The van der Waals surface area contributed by atoms with Crippen LogP contribution in [0.4, 0.5) is 5.69 Å². The van der Waals surface area contributed by atoms with E-state index in [0.717, 1.165) is 17.3 Å². The molecule has 1 aromatic rings. The van der Waals surface area contributed by atoms with Gasteiger partial charge >= 0.3 is 0 Å². The predicted molar refractivity (Wildman–Crippen MR) is 92.7 cm³/mol. The molecule has 2 aliphatic heterocycles. The Kier molecular flexibility index (Phi) is 4.73. The van der Waals surface area contributed by atoms with Gasteiger partial charge in [0.15, 0.2) is 0 Å². The molecule has 2 heterocycles. The van der Waals surface area contributed by atoms with Crippen molar-refractivity contribution in [2.75, 3.05) is 31.6 Å². The zero-order valence-electron chi connectivity index (χ0n) is 12.0. The Morgan fingerprint density at radius 1 is 1.25 bits per heavy atom. The van der Waals surface area contributed by atoms with E-state index in [1.807, 2.05) is 0 Å². The number of likely N-dealkylation sites (tertiary alicyclic amines) is 1. The molecular weight excluding hydrogens is 380 g/mol. The minimum Gasteiger partial charge on any atom is -0.371 e. The molecule has 4 heteroatoms. The van der Waals surface area contributed by atoms with Crippen LogP contribution in [-0.2, 0) is 5.33 Å². The molecular formula is C16H22Br2N2.